The molecule has 0 radical (unpaired) electrons. The first-order chi connectivity index (χ1) is 16.0. The predicted octanol–water partition coefficient (Wildman–Crippen LogP) is 5.54. The van der Waals surface area contributed by atoms with E-state index in [0.29, 0.717) is 21.0 Å². The average Bonchev–Trinajstić information content (AvgIpc) is 2.81. The Kier molecular flexibility index (Phi) is 6.20. The fourth-order valence-electron chi connectivity index (χ4n) is 3.48. The number of nitrogens with zero attached hydrogens (tertiary/aromatic N) is 3. The van der Waals surface area contributed by atoms with E-state index in [4.69, 9.17) is 0 Å². The van der Waals surface area contributed by atoms with Crippen LogP contribution in [0.1, 0.15) is 11.1 Å². The number of hydrogen-bond acceptors (Lipinski definition) is 7. The Bertz CT molecular complexity index is 1430. The van der Waals surface area contributed by atoms with E-state index in [1.54, 1.807) is 30.6 Å². The zero-order valence-electron chi connectivity index (χ0n) is 17.1. The summed E-state index contributed by atoms with van der Waals surface area (Å²) in [5.41, 5.74) is 1.89. The lowest BCUT2D eigenvalue weighted by Crippen LogP contribution is -2.05. The minimum Gasteiger partial charge on any atom is -0.481 e. The lowest BCUT2D eigenvalue weighted by Gasteiger charge is -2.15. The summed E-state index contributed by atoms with van der Waals surface area (Å²) in [6.45, 7) is 0. The maximum atomic E-state index is 11.5. The first-order valence-corrected chi connectivity index (χ1v) is 10.6. The quantitative estimate of drug-likeness (QED) is 0.274. The molecule has 0 aliphatic carbocycles. The van der Waals surface area contributed by atoms with Crippen molar-refractivity contribution in [2.24, 2.45) is 0 Å². The lowest BCUT2D eigenvalue weighted by atomic mass is 10.0. The van der Waals surface area contributed by atoms with E-state index in [2.05, 4.69) is 16.4 Å². The van der Waals surface area contributed by atoms with Crippen LogP contribution in [0.2, 0.25) is 0 Å². The molecule has 162 valence electrons. The van der Waals surface area contributed by atoms with Crippen LogP contribution in [-0.2, 0) is 11.2 Å². The van der Waals surface area contributed by atoms with E-state index >= 15 is 0 Å². The molecule has 4 aromatic rings. The van der Waals surface area contributed by atoms with Crippen LogP contribution in [0.5, 0.6) is 0 Å². The molecule has 0 atom stereocenters. The van der Waals surface area contributed by atoms with E-state index in [1.165, 1.54) is 23.9 Å². The molecule has 0 spiro atoms. The van der Waals surface area contributed by atoms with Crippen molar-refractivity contribution in [2.45, 2.75) is 16.2 Å². The minimum atomic E-state index is -1.15. The second-order valence-corrected chi connectivity index (χ2v) is 8.08. The van der Waals surface area contributed by atoms with Gasteiger partial charge in [0.2, 0.25) is 0 Å². The van der Waals surface area contributed by atoms with Gasteiger partial charge in [-0.3, -0.25) is 19.9 Å². The second kappa shape index (κ2) is 9.38. The number of pyridine rings is 1. The predicted molar refractivity (Wildman–Crippen MR) is 125 cm³/mol. The first kappa shape index (κ1) is 21.8. The Labute approximate surface area is 192 Å². The summed E-state index contributed by atoms with van der Waals surface area (Å²) in [4.78, 5) is 27.6. The molecule has 9 heteroatoms. The van der Waals surface area contributed by atoms with Gasteiger partial charge in [-0.1, -0.05) is 42.1 Å². The van der Waals surface area contributed by atoms with Crippen molar-refractivity contribution in [3.05, 3.63) is 94.3 Å². The molecule has 3 aromatic carbocycles. The molecule has 8 nitrogen and oxygen atoms in total. The highest BCUT2D eigenvalue weighted by Gasteiger charge is 2.21. The number of nitro groups is 1. The third-order valence-electron chi connectivity index (χ3n) is 4.95. The van der Waals surface area contributed by atoms with Gasteiger partial charge in [-0.05, 0) is 24.3 Å². The van der Waals surface area contributed by atoms with E-state index in [9.17, 15) is 25.3 Å². The van der Waals surface area contributed by atoms with Gasteiger partial charge in [0.15, 0.2) is 0 Å². The third kappa shape index (κ3) is 4.61. The van der Waals surface area contributed by atoms with Crippen LogP contribution < -0.4 is 5.32 Å². The molecule has 1 heterocycles. The number of nitrogens with one attached hydrogen (secondary N) is 1. The number of aromatic nitrogens is 1. The molecule has 0 unspecified atom stereocenters. The smallest absolute Gasteiger partial charge is 0.308 e. The van der Waals surface area contributed by atoms with E-state index in [0.717, 1.165) is 16.5 Å². The van der Waals surface area contributed by atoms with Crippen LogP contribution in [0.25, 0.3) is 10.8 Å². The largest absolute Gasteiger partial charge is 0.481 e. The van der Waals surface area contributed by atoms with Gasteiger partial charge in [0.1, 0.15) is 0 Å². The molecule has 1 aromatic heterocycles. The number of nitro benzene ring substituents is 1. The minimum absolute atomic E-state index is 0.145. The van der Waals surface area contributed by atoms with Crippen molar-refractivity contribution >= 4 is 45.6 Å². The lowest BCUT2D eigenvalue weighted by molar-refractivity contribution is -0.385. The number of carboxylic acid groups (broad SMARTS) is 1. The Morgan fingerprint density at radius 2 is 1.85 bits per heavy atom. The molecule has 0 aliphatic rings. The van der Waals surface area contributed by atoms with Crippen LogP contribution in [0.4, 0.5) is 17.1 Å². The number of aliphatic carboxylic acids is 1. The summed E-state index contributed by atoms with van der Waals surface area (Å²) in [6, 6.07) is 19.5. The molecule has 0 amide bonds. The summed E-state index contributed by atoms with van der Waals surface area (Å²) in [5.74, 6) is -1.15. The molecular weight excluding hydrogens is 440 g/mol. The van der Waals surface area contributed by atoms with Crippen molar-refractivity contribution in [1.82, 2.24) is 4.98 Å². The number of carboxylic acids is 1. The molecule has 0 saturated heterocycles. The maximum Gasteiger partial charge on any atom is 0.308 e. The molecule has 0 bridgehead atoms. The van der Waals surface area contributed by atoms with Gasteiger partial charge in [0.25, 0.3) is 5.69 Å². The molecule has 2 N–H and O–H groups in total. The molecule has 0 fully saturated rings. The topological polar surface area (TPSA) is 129 Å². The van der Waals surface area contributed by atoms with Gasteiger partial charge in [-0.2, -0.15) is 5.26 Å². The van der Waals surface area contributed by atoms with Gasteiger partial charge >= 0.3 is 5.97 Å². The van der Waals surface area contributed by atoms with Crippen molar-refractivity contribution < 1.29 is 14.8 Å². The van der Waals surface area contributed by atoms with Crippen LogP contribution >= 0.6 is 11.8 Å². The monoisotopic (exact) mass is 456 g/mol. The number of rotatable bonds is 7. The summed E-state index contributed by atoms with van der Waals surface area (Å²) in [5, 5.41) is 35.1. The fraction of sp³-hybridized carbons (Fsp3) is 0.0417. The van der Waals surface area contributed by atoms with Crippen LogP contribution in [-0.4, -0.2) is 21.0 Å². The highest BCUT2D eigenvalue weighted by Crippen LogP contribution is 2.39. The number of benzene rings is 3. The molecule has 4 rings (SSSR count). The zero-order chi connectivity index (χ0) is 23.4. The van der Waals surface area contributed by atoms with E-state index in [1.807, 2.05) is 30.3 Å². The van der Waals surface area contributed by atoms with E-state index < -0.39 is 17.3 Å². The summed E-state index contributed by atoms with van der Waals surface area (Å²) >= 11 is 1.22. The number of hydrogen-bond donors (Lipinski definition) is 2. The number of fused-ring (bicyclic) bond motifs is 1. The summed E-state index contributed by atoms with van der Waals surface area (Å²) in [6.07, 6.45) is 2.76. The summed E-state index contributed by atoms with van der Waals surface area (Å²) < 4.78 is 0. The van der Waals surface area contributed by atoms with Crippen LogP contribution in [0, 0.1) is 21.4 Å². The third-order valence-corrected chi connectivity index (χ3v) is 6.13. The normalized spacial score (nSPS) is 10.5. The van der Waals surface area contributed by atoms with Gasteiger partial charge in [0.05, 0.1) is 40.4 Å². The number of anilines is 2. The van der Waals surface area contributed by atoms with Gasteiger partial charge < -0.3 is 10.4 Å². The standard InChI is InChI=1S/C24H16N4O4S/c25-13-15-8-9-19(17-5-2-1-4-16(15)17)27-20-14-26-11-10-23(20)33-22-7-3-6-21(28(31)32)18(22)12-24(29)30/h1-11,14,27H,12H2,(H,29,30). The SMILES string of the molecule is N#Cc1ccc(Nc2cnccc2Sc2cccc([N+](=O)[O-])c2CC(=O)O)c2ccccc12. The van der Waals surface area contributed by atoms with Crippen molar-refractivity contribution in [3.63, 3.8) is 0 Å². The average molecular weight is 456 g/mol. The second-order valence-electron chi connectivity index (χ2n) is 7.00. The van der Waals surface area contributed by atoms with Crippen molar-refractivity contribution in [1.29, 1.82) is 5.26 Å². The molecule has 33 heavy (non-hydrogen) atoms. The Morgan fingerprint density at radius 1 is 1.06 bits per heavy atom. The van der Waals surface area contributed by atoms with Crippen molar-refractivity contribution in [2.75, 3.05) is 5.32 Å². The van der Waals surface area contributed by atoms with Gasteiger partial charge in [-0.15, -0.1) is 0 Å². The summed E-state index contributed by atoms with van der Waals surface area (Å²) in [7, 11) is 0. The van der Waals surface area contributed by atoms with Gasteiger partial charge in [-0.25, -0.2) is 0 Å². The highest BCUT2D eigenvalue weighted by atomic mass is 32.2. The fourth-order valence-corrected chi connectivity index (χ4v) is 4.51. The Hall–Kier alpha value is -4.42. The van der Waals surface area contributed by atoms with Crippen molar-refractivity contribution in [3.8, 4) is 6.07 Å². The maximum absolute atomic E-state index is 11.5. The van der Waals surface area contributed by atoms with Crippen LogP contribution in [0.15, 0.2) is 82.8 Å². The van der Waals surface area contributed by atoms with Crippen LogP contribution in [0.3, 0.4) is 0 Å². The zero-order valence-corrected chi connectivity index (χ0v) is 17.9. The number of nitriles is 1. The molecule has 0 aliphatic heterocycles. The highest BCUT2D eigenvalue weighted by molar-refractivity contribution is 7.99. The Balaban J connectivity index is 1.75. The Morgan fingerprint density at radius 3 is 2.58 bits per heavy atom. The van der Waals surface area contributed by atoms with E-state index in [-0.39, 0.29) is 11.3 Å². The first-order valence-electron chi connectivity index (χ1n) is 9.76. The molecular formula is C24H16N4O4S. The van der Waals surface area contributed by atoms with Gasteiger partial charge in [0, 0.05) is 38.5 Å². The molecule has 0 saturated carbocycles. The number of carbonyl (C=O) groups is 1.